The number of fused-ring (bicyclic) bond motifs is 3. The predicted molar refractivity (Wildman–Crippen MR) is 121 cm³/mol. The number of benzene rings is 2. The number of nitrogens with zero attached hydrogens (tertiary/aromatic N) is 1. The van der Waals surface area contributed by atoms with E-state index in [9.17, 15) is 19.5 Å². The monoisotopic (exact) mass is 452 g/mol. The lowest BCUT2D eigenvalue weighted by atomic mass is 9.98. The van der Waals surface area contributed by atoms with Gasteiger partial charge in [0.25, 0.3) is 0 Å². The Balaban J connectivity index is 1.39. The van der Waals surface area contributed by atoms with Crippen molar-refractivity contribution in [2.24, 2.45) is 5.92 Å². The Labute approximate surface area is 192 Å². The molecule has 2 aliphatic rings. The first-order valence-electron chi connectivity index (χ1n) is 11.2. The van der Waals surface area contributed by atoms with E-state index in [0.717, 1.165) is 33.6 Å². The molecule has 1 fully saturated rings. The van der Waals surface area contributed by atoms with Gasteiger partial charge in [0.15, 0.2) is 0 Å². The SMILES string of the molecule is O=C(O)CN(CCO)C(=O)C1CCCC1NC(=O)OCC1c2ccccc2-c2ccccc21. The van der Waals surface area contributed by atoms with Crippen LogP contribution in [0.5, 0.6) is 0 Å². The smallest absolute Gasteiger partial charge is 0.407 e. The van der Waals surface area contributed by atoms with Gasteiger partial charge in [-0.2, -0.15) is 0 Å². The number of aliphatic hydroxyl groups excluding tert-OH is 1. The van der Waals surface area contributed by atoms with Gasteiger partial charge in [-0.15, -0.1) is 0 Å². The molecular formula is C25H28N2O6. The fraction of sp³-hybridized carbons (Fsp3) is 0.400. The number of aliphatic carboxylic acids is 1. The highest BCUT2D eigenvalue weighted by Crippen LogP contribution is 2.44. The zero-order chi connectivity index (χ0) is 23.4. The second-order valence-electron chi connectivity index (χ2n) is 8.49. The van der Waals surface area contributed by atoms with Gasteiger partial charge in [-0.25, -0.2) is 4.79 Å². The molecule has 33 heavy (non-hydrogen) atoms. The van der Waals surface area contributed by atoms with Gasteiger partial charge in [0, 0.05) is 18.5 Å². The highest BCUT2D eigenvalue weighted by Gasteiger charge is 2.37. The molecule has 1 saturated carbocycles. The van der Waals surface area contributed by atoms with Gasteiger partial charge < -0.3 is 25.2 Å². The third kappa shape index (κ3) is 4.85. The van der Waals surface area contributed by atoms with E-state index >= 15 is 0 Å². The predicted octanol–water partition coefficient (Wildman–Crippen LogP) is 2.60. The van der Waals surface area contributed by atoms with E-state index in [2.05, 4.69) is 17.4 Å². The van der Waals surface area contributed by atoms with Gasteiger partial charge in [-0.05, 0) is 35.1 Å². The van der Waals surface area contributed by atoms with Crippen LogP contribution < -0.4 is 5.32 Å². The molecule has 2 aromatic rings. The van der Waals surface area contributed by atoms with Crippen molar-refractivity contribution in [3.8, 4) is 11.1 Å². The van der Waals surface area contributed by atoms with Crippen molar-refractivity contribution in [1.82, 2.24) is 10.2 Å². The van der Waals surface area contributed by atoms with E-state index in [1.807, 2.05) is 36.4 Å². The summed E-state index contributed by atoms with van der Waals surface area (Å²) in [5.41, 5.74) is 4.53. The van der Waals surface area contributed by atoms with Gasteiger partial charge in [0.1, 0.15) is 13.2 Å². The average Bonchev–Trinajstić information content (AvgIpc) is 3.39. The summed E-state index contributed by atoms with van der Waals surface area (Å²) in [5.74, 6) is -2.10. The molecule has 2 aromatic carbocycles. The minimum Gasteiger partial charge on any atom is -0.480 e. The summed E-state index contributed by atoms with van der Waals surface area (Å²) in [7, 11) is 0. The van der Waals surface area contributed by atoms with Gasteiger partial charge in [0.2, 0.25) is 5.91 Å². The normalized spacial score (nSPS) is 18.9. The molecule has 2 atom stereocenters. The molecular weight excluding hydrogens is 424 g/mol. The number of hydrogen-bond acceptors (Lipinski definition) is 5. The number of ether oxygens (including phenoxy) is 1. The first-order chi connectivity index (χ1) is 16.0. The number of carboxylic acids is 1. The van der Waals surface area contributed by atoms with E-state index < -0.39 is 30.6 Å². The van der Waals surface area contributed by atoms with Crippen molar-refractivity contribution in [3.05, 3.63) is 59.7 Å². The molecule has 0 aliphatic heterocycles. The van der Waals surface area contributed by atoms with Crippen LogP contribution in [-0.4, -0.2) is 65.4 Å². The van der Waals surface area contributed by atoms with Crippen LogP contribution in [0, 0.1) is 5.92 Å². The quantitative estimate of drug-likeness (QED) is 0.567. The topological polar surface area (TPSA) is 116 Å². The van der Waals surface area contributed by atoms with Crippen LogP contribution in [0.3, 0.4) is 0 Å². The van der Waals surface area contributed by atoms with Gasteiger partial charge in [-0.1, -0.05) is 55.0 Å². The largest absolute Gasteiger partial charge is 0.480 e. The summed E-state index contributed by atoms with van der Waals surface area (Å²) in [6.07, 6.45) is 1.31. The number of carbonyl (C=O) groups is 3. The van der Waals surface area contributed by atoms with Gasteiger partial charge >= 0.3 is 12.1 Å². The number of carbonyl (C=O) groups excluding carboxylic acids is 2. The zero-order valence-electron chi connectivity index (χ0n) is 18.3. The third-order valence-electron chi connectivity index (χ3n) is 6.49. The van der Waals surface area contributed by atoms with Crippen molar-refractivity contribution in [3.63, 3.8) is 0 Å². The summed E-state index contributed by atoms with van der Waals surface area (Å²) >= 11 is 0. The van der Waals surface area contributed by atoms with E-state index in [1.54, 1.807) is 0 Å². The molecule has 0 aromatic heterocycles. The Bertz CT molecular complexity index is 994. The van der Waals surface area contributed by atoms with Crippen LogP contribution in [-0.2, 0) is 14.3 Å². The minimum atomic E-state index is -1.14. The lowest BCUT2D eigenvalue weighted by Crippen LogP contribution is -2.47. The molecule has 2 aliphatic carbocycles. The molecule has 8 nitrogen and oxygen atoms in total. The van der Waals surface area contributed by atoms with Crippen LogP contribution in [0.1, 0.15) is 36.3 Å². The number of amides is 2. The van der Waals surface area contributed by atoms with E-state index in [0.29, 0.717) is 12.8 Å². The van der Waals surface area contributed by atoms with Gasteiger partial charge in [-0.3, -0.25) is 9.59 Å². The maximum Gasteiger partial charge on any atom is 0.407 e. The van der Waals surface area contributed by atoms with Crippen molar-refractivity contribution >= 4 is 18.0 Å². The maximum atomic E-state index is 12.9. The molecule has 0 saturated heterocycles. The average molecular weight is 453 g/mol. The van der Waals surface area contributed by atoms with Crippen LogP contribution in [0.25, 0.3) is 11.1 Å². The molecule has 8 heteroatoms. The number of carboxylic acid groups (broad SMARTS) is 1. The van der Waals surface area contributed by atoms with Crippen LogP contribution in [0.2, 0.25) is 0 Å². The summed E-state index contributed by atoms with van der Waals surface area (Å²) in [4.78, 5) is 37.7. The first-order valence-corrected chi connectivity index (χ1v) is 11.2. The standard InChI is InChI=1S/C25H28N2O6/c28-13-12-27(14-23(29)30)24(31)20-10-5-11-22(20)26-25(32)33-15-21-18-8-3-1-6-16(18)17-7-2-4-9-19(17)21/h1-4,6-9,20-22,28H,5,10-15H2,(H,26,32)(H,29,30). The van der Waals surface area contributed by atoms with Crippen LogP contribution in [0.4, 0.5) is 4.79 Å². The Morgan fingerprint density at radius 2 is 1.64 bits per heavy atom. The number of aliphatic hydroxyl groups is 1. The third-order valence-corrected chi connectivity index (χ3v) is 6.49. The van der Waals surface area contributed by atoms with E-state index in [-0.39, 0.29) is 31.6 Å². The number of hydrogen-bond donors (Lipinski definition) is 3. The molecule has 0 heterocycles. The Morgan fingerprint density at radius 1 is 1.00 bits per heavy atom. The summed E-state index contributed by atoms with van der Waals surface area (Å²) in [5, 5.41) is 21.1. The van der Waals surface area contributed by atoms with E-state index in [1.165, 1.54) is 0 Å². The fourth-order valence-corrected chi connectivity index (χ4v) is 5.01. The first kappa shape index (κ1) is 22.8. The van der Waals surface area contributed by atoms with Crippen molar-refractivity contribution in [2.45, 2.75) is 31.2 Å². The zero-order valence-corrected chi connectivity index (χ0v) is 18.3. The Morgan fingerprint density at radius 3 is 2.24 bits per heavy atom. The van der Waals surface area contributed by atoms with Crippen molar-refractivity contribution < 1.29 is 29.3 Å². The molecule has 174 valence electrons. The summed E-state index contributed by atoms with van der Waals surface area (Å²) in [6, 6.07) is 15.7. The van der Waals surface area contributed by atoms with E-state index in [4.69, 9.17) is 9.84 Å². The molecule has 0 radical (unpaired) electrons. The summed E-state index contributed by atoms with van der Waals surface area (Å²) in [6.45, 7) is -0.677. The van der Waals surface area contributed by atoms with Crippen molar-refractivity contribution in [2.75, 3.05) is 26.3 Å². The molecule has 2 amide bonds. The highest BCUT2D eigenvalue weighted by molar-refractivity contribution is 5.84. The number of alkyl carbamates (subject to hydrolysis) is 1. The molecule has 4 rings (SSSR count). The molecule has 2 unspecified atom stereocenters. The van der Waals surface area contributed by atoms with Crippen LogP contribution in [0.15, 0.2) is 48.5 Å². The summed E-state index contributed by atoms with van der Waals surface area (Å²) < 4.78 is 5.59. The molecule has 0 bridgehead atoms. The molecule has 0 spiro atoms. The number of nitrogens with one attached hydrogen (secondary N) is 1. The van der Waals surface area contributed by atoms with Crippen molar-refractivity contribution in [1.29, 1.82) is 0 Å². The maximum absolute atomic E-state index is 12.9. The number of rotatable bonds is 8. The molecule has 3 N–H and O–H groups in total. The lowest BCUT2D eigenvalue weighted by Gasteiger charge is -2.27. The second-order valence-corrected chi connectivity index (χ2v) is 8.49. The Hall–Kier alpha value is -3.39. The fourth-order valence-electron chi connectivity index (χ4n) is 5.01. The highest BCUT2D eigenvalue weighted by atomic mass is 16.5. The minimum absolute atomic E-state index is 0.0558. The lowest BCUT2D eigenvalue weighted by molar-refractivity contribution is -0.146. The van der Waals surface area contributed by atoms with Gasteiger partial charge in [0.05, 0.1) is 12.5 Å². The Kier molecular flexibility index (Phi) is 6.93. The van der Waals surface area contributed by atoms with Crippen LogP contribution >= 0.6 is 0 Å². The second kappa shape index (κ2) is 10.0.